The van der Waals surface area contributed by atoms with Crippen LogP contribution in [0.4, 0.5) is 13.2 Å². The summed E-state index contributed by atoms with van der Waals surface area (Å²) in [6.45, 7) is 2.69. The van der Waals surface area contributed by atoms with Gasteiger partial charge in [0.2, 0.25) is 5.91 Å². The Balaban J connectivity index is 0.00000264. The molecule has 2 N–H and O–H groups in total. The molecule has 1 heterocycles. The first-order chi connectivity index (χ1) is 10.3. The van der Waals surface area contributed by atoms with Crippen molar-refractivity contribution in [3.05, 3.63) is 35.4 Å². The topological polar surface area (TPSA) is 46.3 Å². The highest BCUT2D eigenvalue weighted by molar-refractivity contribution is 5.85. The number of amides is 1. The smallest absolute Gasteiger partial charge is 0.335 e. The number of nitrogens with zero attached hydrogens (tertiary/aromatic N) is 1. The zero-order valence-corrected chi connectivity index (χ0v) is 13.8. The molecule has 23 heavy (non-hydrogen) atoms. The number of hydrogen-bond donors (Lipinski definition) is 1. The average Bonchev–Trinajstić information content (AvgIpc) is 2.52. The van der Waals surface area contributed by atoms with Crippen molar-refractivity contribution in [1.82, 2.24) is 4.90 Å². The normalized spacial score (nSPS) is 19.9. The van der Waals surface area contributed by atoms with E-state index >= 15 is 0 Å². The van der Waals surface area contributed by atoms with E-state index in [1.807, 2.05) is 0 Å². The fourth-order valence-electron chi connectivity index (χ4n) is 2.82. The van der Waals surface area contributed by atoms with Gasteiger partial charge in [0.05, 0.1) is 11.6 Å². The van der Waals surface area contributed by atoms with Crippen molar-refractivity contribution in [3.63, 3.8) is 0 Å². The van der Waals surface area contributed by atoms with E-state index in [1.165, 1.54) is 12.1 Å². The molecule has 1 aromatic carbocycles. The van der Waals surface area contributed by atoms with Gasteiger partial charge in [-0.15, -0.1) is 12.4 Å². The quantitative estimate of drug-likeness (QED) is 0.901. The van der Waals surface area contributed by atoms with Gasteiger partial charge in [0, 0.05) is 19.0 Å². The van der Waals surface area contributed by atoms with Gasteiger partial charge in [-0.2, -0.15) is 13.2 Å². The molecule has 1 aliphatic heterocycles. The van der Waals surface area contributed by atoms with Gasteiger partial charge >= 0.3 is 6.18 Å². The van der Waals surface area contributed by atoms with Crippen LogP contribution in [0.2, 0.25) is 0 Å². The number of carbonyl (C=O) groups is 1. The molecule has 3 nitrogen and oxygen atoms in total. The van der Waals surface area contributed by atoms with E-state index in [4.69, 9.17) is 5.73 Å². The number of likely N-dealkylation sites (tertiary alicyclic amines) is 1. The first kappa shape index (κ1) is 19.8. The predicted molar refractivity (Wildman–Crippen MR) is 85.2 cm³/mol. The van der Waals surface area contributed by atoms with E-state index in [1.54, 1.807) is 11.8 Å². The van der Waals surface area contributed by atoms with Crippen LogP contribution in [-0.4, -0.2) is 23.9 Å². The van der Waals surface area contributed by atoms with Crippen LogP contribution >= 0.6 is 12.4 Å². The van der Waals surface area contributed by atoms with Gasteiger partial charge in [-0.25, -0.2) is 0 Å². The summed E-state index contributed by atoms with van der Waals surface area (Å²) in [5.74, 6) is -0.290. The van der Waals surface area contributed by atoms with Gasteiger partial charge in [0.15, 0.2) is 0 Å². The lowest BCUT2D eigenvalue weighted by atomic mass is 9.93. The largest absolute Gasteiger partial charge is 0.416 e. The molecule has 0 aliphatic carbocycles. The Kier molecular flexibility index (Phi) is 6.89. The van der Waals surface area contributed by atoms with E-state index in [0.29, 0.717) is 6.54 Å². The summed E-state index contributed by atoms with van der Waals surface area (Å²) in [5.41, 5.74) is 5.65. The molecule has 0 bridgehead atoms. The molecule has 1 amide bonds. The number of piperidine rings is 1. The number of halogens is 4. The molecular weight excluding hydrogens is 329 g/mol. The van der Waals surface area contributed by atoms with E-state index in [0.717, 1.165) is 37.0 Å². The van der Waals surface area contributed by atoms with Crippen molar-refractivity contribution in [2.45, 2.75) is 38.4 Å². The Morgan fingerprint density at radius 2 is 1.91 bits per heavy atom. The Bertz CT molecular complexity index is 519. The van der Waals surface area contributed by atoms with Crippen molar-refractivity contribution >= 4 is 18.3 Å². The lowest BCUT2D eigenvalue weighted by Gasteiger charge is -2.37. The van der Waals surface area contributed by atoms with Crippen LogP contribution in [0.5, 0.6) is 0 Å². The standard InChI is InChI=1S/C16H21F3N2O.ClH/c1-11(10-20)15(22)21-9-3-2-4-14(21)12-5-7-13(8-6-12)16(17,18)19;/h5-8,11,14H,2-4,9-10,20H2,1H3;1H. The first-order valence-electron chi connectivity index (χ1n) is 7.52. The van der Waals surface area contributed by atoms with E-state index in [2.05, 4.69) is 0 Å². The van der Waals surface area contributed by atoms with E-state index < -0.39 is 11.7 Å². The number of benzene rings is 1. The molecule has 130 valence electrons. The molecule has 0 spiro atoms. The van der Waals surface area contributed by atoms with Crippen molar-refractivity contribution in [3.8, 4) is 0 Å². The zero-order chi connectivity index (χ0) is 16.3. The molecule has 1 saturated heterocycles. The maximum Gasteiger partial charge on any atom is 0.416 e. The molecule has 2 unspecified atom stereocenters. The van der Waals surface area contributed by atoms with E-state index in [-0.39, 0.29) is 36.8 Å². The minimum absolute atomic E-state index is 0. The van der Waals surface area contributed by atoms with Crippen LogP contribution in [0.25, 0.3) is 0 Å². The van der Waals surface area contributed by atoms with Gasteiger partial charge in [0.1, 0.15) is 0 Å². The predicted octanol–water partition coefficient (Wildman–Crippen LogP) is 3.78. The lowest BCUT2D eigenvalue weighted by Crippen LogP contribution is -2.43. The first-order valence-corrected chi connectivity index (χ1v) is 7.52. The maximum absolute atomic E-state index is 12.6. The highest BCUT2D eigenvalue weighted by Gasteiger charge is 2.32. The molecule has 2 atom stereocenters. The highest BCUT2D eigenvalue weighted by Crippen LogP contribution is 2.34. The molecule has 0 radical (unpaired) electrons. The van der Waals surface area contributed by atoms with Gasteiger partial charge in [-0.05, 0) is 37.0 Å². The van der Waals surface area contributed by atoms with Crippen molar-refractivity contribution in [2.24, 2.45) is 11.7 Å². The summed E-state index contributed by atoms with van der Waals surface area (Å²) in [7, 11) is 0. The number of hydrogen-bond acceptors (Lipinski definition) is 2. The molecule has 7 heteroatoms. The summed E-state index contributed by atoms with van der Waals surface area (Å²) in [6, 6.07) is 4.97. The Labute approximate surface area is 140 Å². The van der Waals surface area contributed by atoms with Crippen molar-refractivity contribution < 1.29 is 18.0 Å². The van der Waals surface area contributed by atoms with Gasteiger partial charge in [-0.3, -0.25) is 4.79 Å². The lowest BCUT2D eigenvalue weighted by molar-refractivity contribution is -0.139. The molecule has 2 rings (SSSR count). The highest BCUT2D eigenvalue weighted by atomic mass is 35.5. The third-order valence-corrected chi connectivity index (χ3v) is 4.18. The number of alkyl halides is 3. The molecular formula is C16H22ClF3N2O. The fraction of sp³-hybridized carbons (Fsp3) is 0.562. The summed E-state index contributed by atoms with van der Waals surface area (Å²) >= 11 is 0. The molecule has 0 aromatic heterocycles. The maximum atomic E-state index is 12.6. The minimum atomic E-state index is -4.34. The second kappa shape index (κ2) is 8.02. The second-order valence-electron chi connectivity index (χ2n) is 5.80. The van der Waals surface area contributed by atoms with Gasteiger partial charge < -0.3 is 10.6 Å². The van der Waals surface area contributed by atoms with Gasteiger partial charge in [-0.1, -0.05) is 19.1 Å². The number of rotatable bonds is 3. The average molecular weight is 351 g/mol. The molecule has 1 fully saturated rings. The fourth-order valence-corrected chi connectivity index (χ4v) is 2.82. The third-order valence-electron chi connectivity index (χ3n) is 4.18. The van der Waals surface area contributed by atoms with Crippen molar-refractivity contribution in [2.75, 3.05) is 13.1 Å². The SMILES string of the molecule is CC(CN)C(=O)N1CCCCC1c1ccc(C(F)(F)F)cc1.Cl. The zero-order valence-electron chi connectivity index (χ0n) is 13.0. The summed E-state index contributed by atoms with van der Waals surface area (Å²) in [4.78, 5) is 14.2. The molecule has 1 aromatic rings. The van der Waals surface area contributed by atoms with Crippen LogP contribution in [0.15, 0.2) is 24.3 Å². The summed E-state index contributed by atoms with van der Waals surface area (Å²) < 4.78 is 37.9. The molecule has 1 aliphatic rings. The Morgan fingerprint density at radius 3 is 2.43 bits per heavy atom. The monoisotopic (exact) mass is 350 g/mol. The number of nitrogens with two attached hydrogens (primary N) is 1. The van der Waals surface area contributed by atoms with Crippen LogP contribution in [0, 0.1) is 5.92 Å². The van der Waals surface area contributed by atoms with Crippen LogP contribution < -0.4 is 5.73 Å². The van der Waals surface area contributed by atoms with Crippen LogP contribution in [0.1, 0.15) is 43.4 Å². The second-order valence-corrected chi connectivity index (χ2v) is 5.80. The summed E-state index contributed by atoms with van der Waals surface area (Å²) in [6.07, 6.45) is -1.68. The molecule has 0 saturated carbocycles. The third kappa shape index (κ3) is 4.61. The van der Waals surface area contributed by atoms with Crippen molar-refractivity contribution in [1.29, 1.82) is 0 Å². The van der Waals surface area contributed by atoms with Gasteiger partial charge in [0.25, 0.3) is 0 Å². The van der Waals surface area contributed by atoms with E-state index in [9.17, 15) is 18.0 Å². The minimum Gasteiger partial charge on any atom is -0.335 e. The summed E-state index contributed by atoms with van der Waals surface area (Å²) in [5, 5.41) is 0. The number of carbonyl (C=O) groups excluding carboxylic acids is 1. The van der Waals surface area contributed by atoms with Crippen LogP contribution in [-0.2, 0) is 11.0 Å². The Hall–Kier alpha value is -1.27. The Morgan fingerprint density at radius 1 is 1.30 bits per heavy atom. The van der Waals surface area contributed by atoms with Crippen LogP contribution in [0.3, 0.4) is 0 Å².